The molecule has 0 aliphatic rings. The number of phenols is 2. The van der Waals surface area contributed by atoms with E-state index in [0.717, 1.165) is 12.1 Å². The SMILES string of the molecule is COc1cc(=O)c2c(O)cc(O)cc2o1. The summed E-state index contributed by atoms with van der Waals surface area (Å²) in [5, 5.41) is 18.7. The van der Waals surface area contributed by atoms with Crippen LogP contribution in [0.2, 0.25) is 0 Å². The third-order valence-electron chi connectivity index (χ3n) is 1.97. The molecule has 0 bridgehead atoms. The highest BCUT2D eigenvalue weighted by Crippen LogP contribution is 2.29. The van der Waals surface area contributed by atoms with Gasteiger partial charge in [-0.25, -0.2) is 0 Å². The van der Waals surface area contributed by atoms with Gasteiger partial charge in [-0.3, -0.25) is 4.79 Å². The summed E-state index contributed by atoms with van der Waals surface area (Å²) in [6, 6.07) is 3.43. The van der Waals surface area contributed by atoms with E-state index in [1.807, 2.05) is 0 Å². The normalized spacial score (nSPS) is 10.5. The first kappa shape index (κ1) is 9.39. The molecule has 0 fully saturated rings. The molecule has 78 valence electrons. The summed E-state index contributed by atoms with van der Waals surface area (Å²) < 4.78 is 9.86. The predicted molar refractivity (Wildman–Crippen MR) is 52.4 cm³/mol. The van der Waals surface area contributed by atoms with Crippen LogP contribution in [-0.2, 0) is 0 Å². The summed E-state index contributed by atoms with van der Waals surface area (Å²) in [7, 11) is 1.35. The summed E-state index contributed by atoms with van der Waals surface area (Å²) in [5.41, 5.74) is -0.345. The van der Waals surface area contributed by atoms with Crippen molar-refractivity contribution in [2.45, 2.75) is 0 Å². The number of methoxy groups -OCH3 is 1. The molecular weight excluding hydrogens is 200 g/mol. The third-order valence-corrected chi connectivity index (χ3v) is 1.97. The van der Waals surface area contributed by atoms with Gasteiger partial charge >= 0.3 is 0 Å². The van der Waals surface area contributed by atoms with Crippen LogP contribution >= 0.6 is 0 Å². The van der Waals surface area contributed by atoms with E-state index in [9.17, 15) is 15.0 Å². The molecular formula is C10H8O5. The van der Waals surface area contributed by atoms with Gasteiger partial charge in [-0.05, 0) is 0 Å². The van der Waals surface area contributed by atoms with Crippen LogP contribution < -0.4 is 10.2 Å². The van der Waals surface area contributed by atoms with Gasteiger partial charge < -0.3 is 19.4 Å². The Hall–Kier alpha value is -2.17. The van der Waals surface area contributed by atoms with Crippen molar-refractivity contribution in [2.24, 2.45) is 0 Å². The second-order valence-electron chi connectivity index (χ2n) is 2.97. The molecule has 2 rings (SSSR count). The van der Waals surface area contributed by atoms with Crippen LogP contribution in [0.15, 0.2) is 27.4 Å². The first-order chi connectivity index (χ1) is 7.11. The van der Waals surface area contributed by atoms with E-state index in [4.69, 9.17) is 9.15 Å². The summed E-state index contributed by atoms with van der Waals surface area (Å²) in [6.45, 7) is 0. The maximum Gasteiger partial charge on any atom is 0.288 e. The molecule has 0 aliphatic carbocycles. The molecule has 2 N–H and O–H groups in total. The first-order valence-electron chi connectivity index (χ1n) is 4.15. The van der Waals surface area contributed by atoms with Crippen molar-refractivity contribution in [1.29, 1.82) is 0 Å². The molecule has 1 aromatic carbocycles. The monoisotopic (exact) mass is 208 g/mol. The van der Waals surface area contributed by atoms with E-state index in [1.54, 1.807) is 0 Å². The first-order valence-corrected chi connectivity index (χ1v) is 4.15. The molecule has 0 radical (unpaired) electrons. The average molecular weight is 208 g/mol. The number of ether oxygens (including phenoxy) is 1. The zero-order chi connectivity index (χ0) is 11.0. The fraction of sp³-hybridized carbons (Fsp3) is 0.100. The van der Waals surface area contributed by atoms with Gasteiger partial charge in [-0.2, -0.15) is 0 Å². The average Bonchev–Trinajstić information content (AvgIpc) is 2.15. The Kier molecular flexibility index (Phi) is 2.00. The minimum Gasteiger partial charge on any atom is -0.508 e. The molecule has 15 heavy (non-hydrogen) atoms. The summed E-state index contributed by atoms with van der Waals surface area (Å²) >= 11 is 0. The molecule has 0 aliphatic heterocycles. The van der Waals surface area contributed by atoms with Crippen molar-refractivity contribution in [3.05, 3.63) is 28.4 Å². The van der Waals surface area contributed by atoms with Gasteiger partial charge in [0, 0.05) is 12.1 Å². The topological polar surface area (TPSA) is 79.9 Å². The van der Waals surface area contributed by atoms with Gasteiger partial charge in [-0.1, -0.05) is 0 Å². The van der Waals surface area contributed by atoms with E-state index in [0.29, 0.717) is 0 Å². The Balaban J connectivity index is 2.91. The van der Waals surface area contributed by atoms with Gasteiger partial charge in [0.25, 0.3) is 5.95 Å². The van der Waals surface area contributed by atoms with Crippen molar-refractivity contribution in [3.63, 3.8) is 0 Å². The van der Waals surface area contributed by atoms with Gasteiger partial charge in [0.2, 0.25) is 0 Å². The Bertz CT molecular complexity index is 570. The zero-order valence-corrected chi connectivity index (χ0v) is 7.85. The van der Waals surface area contributed by atoms with Gasteiger partial charge in [0.05, 0.1) is 13.2 Å². The van der Waals surface area contributed by atoms with Crippen molar-refractivity contribution in [2.75, 3.05) is 7.11 Å². The Labute approximate surface area is 84.1 Å². The summed E-state index contributed by atoms with van der Waals surface area (Å²) in [4.78, 5) is 11.5. The largest absolute Gasteiger partial charge is 0.508 e. The maximum absolute atomic E-state index is 11.5. The number of phenolic OH excluding ortho intramolecular Hbond substituents is 2. The molecule has 5 nitrogen and oxygen atoms in total. The molecule has 0 saturated heterocycles. The lowest BCUT2D eigenvalue weighted by Gasteiger charge is -2.03. The van der Waals surface area contributed by atoms with E-state index in [2.05, 4.69) is 0 Å². The van der Waals surface area contributed by atoms with Crippen LogP contribution in [-0.4, -0.2) is 17.3 Å². The molecule has 1 aromatic heterocycles. The Morgan fingerprint density at radius 2 is 2.00 bits per heavy atom. The van der Waals surface area contributed by atoms with Crippen LogP contribution in [0.4, 0.5) is 0 Å². The Morgan fingerprint density at radius 1 is 1.27 bits per heavy atom. The standard InChI is InChI=1S/C10H8O5/c1-14-9-4-7(13)10-6(12)2-5(11)3-8(10)15-9/h2-4,11-12H,1H3. The van der Waals surface area contributed by atoms with Gasteiger partial charge in [0.15, 0.2) is 5.43 Å². The minimum absolute atomic E-state index is 0.0219. The van der Waals surface area contributed by atoms with Crippen LogP contribution in [0.25, 0.3) is 11.0 Å². The highest BCUT2D eigenvalue weighted by molar-refractivity contribution is 5.84. The molecule has 0 spiro atoms. The lowest BCUT2D eigenvalue weighted by molar-refractivity contribution is 0.309. The molecule has 0 saturated carbocycles. The number of hydrogen-bond donors (Lipinski definition) is 2. The van der Waals surface area contributed by atoms with Crippen LogP contribution in [0.5, 0.6) is 17.4 Å². The van der Waals surface area contributed by atoms with Crippen molar-refractivity contribution < 1.29 is 19.4 Å². The Morgan fingerprint density at radius 3 is 2.67 bits per heavy atom. The fourth-order valence-electron chi connectivity index (χ4n) is 1.33. The minimum atomic E-state index is -0.425. The maximum atomic E-state index is 11.5. The van der Waals surface area contributed by atoms with E-state index < -0.39 is 5.43 Å². The molecule has 2 aromatic rings. The lowest BCUT2D eigenvalue weighted by Crippen LogP contribution is -2.00. The van der Waals surface area contributed by atoms with Crippen molar-refractivity contribution in [3.8, 4) is 17.4 Å². The van der Waals surface area contributed by atoms with Crippen molar-refractivity contribution >= 4 is 11.0 Å². The van der Waals surface area contributed by atoms with Crippen LogP contribution in [0, 0.1) is 0 Å². The molecule has 0 unspecified atom stereocenters. The predicted octanol–water partition coefficient (Wildman–Crippen LogP) is 1.21. The molecule has 0 atom stereocenters. The van der Waals surface area contributed by atoms with Crippen molar-refractivity contribution in [1.82, 2.24) is 0 Å². The number of hydrogen-bond acceptors (Lipinski definition) is 5. The zero-order valence-electron chi connectivity index (χ0n) is 7.85. The van der Waals surface area contributed by atoms with E-state index in [1.165, 1.54) is 13.2 Å². The number of benzene rings is 1. The highest BCUT2D eigenvalue weighted by atomic mass is 16.6. The quantitative estimate of drug-likeness (QED) is 0.736. The number of fused-ring (bicyclic) bond motifs is 1. The smallest absolute Gasteiger partial charge is 0.288 e. The van der Waals surface area contributed by atoms with Crippen LogP contribution in [0.3, 0.4) is 0 Å². The summed E-state index contributed by atoms with van der Waals surface area (Å²) in [5.74, 6) is -0.477. The van der Waals surface area contributed by atoms with Crippen LogP contribution in [0.1, 0.15) is 0 Å². The molecule has 0 amide bonds. The molecule has 1 heterocycles. The number of rotatable bonds is 1. The van der Waals surface area contributed by atoms with E-state index in [-0.39, 0.29) is 28.4 Å². The van der Waals surface area contributed by atoms with E-state index >= 15 is 0 Å². The van der Waals surface area contributed by atoms with Gasteiger partial charge in [0.1, 0.15) is 22.5 Å². The second-order valence-corrected chi connectivity index (χ2v) is 2.97. The highest BCUT2D eigenvalue weighted by Gasteiger charge is 2.10. The lowest BCUT2D eigenvalue weighted by atomic mass is 10.2. The third kappa shape index (κ3) is 1.48. The summed E-state index contributed by atoms with van der Waals surface area (Å²) in [6.07, 6.45) is 0. The number of aromatic hydroxyl groups is 2. The second kappa shape index (κ2) is 3.20. The molecule has 5 heteroatoms. The van der Waals surface area contributed by atoms with Gasteiger partial charge in [-0.15, -0.1) is 0 Å². The fourth-order valence-corrected chi connectivity index (χ4v) is 1.33.